The van der Waals surface area contributed by atoms with Crippen LogP contribution in [0.3, 0.4) is 0 Å². The van der Waals surface area contributed by atoms with Gasteiger partial charge in [-0.15, -0.1) is 0 Å². The topological polar surface area (TPSA) is 43.6 Å². The second kappa shape index (κ2) is 15.0. The van der Waals surface area contributed by atoms with E-state index in [2.05, 4.69) is 117 Å². The minimum atomic E-state index is -0.293. The van der Waals surface area contributed by atoms with Crippen LogP contribution in [0.1, 0.15) is 22.3 Å². The third-order valence-electron chi connectivity index (χ3n) is 11.5. The van der Waals surface area contributed by atoms with Gasteiger partial charge in [0.2, 0.25) is 0 Å². The highest BCUT2D eigenvalue weighted by Gasteiger charge is 2.21. The van der Waals surface area contributed by atoms with Crippen LogP contribution in [0.4, 0.5) is 4.39 Å². The fraction of sp³-hybridized carbons (Fsp3) is 0.0727. The number of hydrogen-bond acceptors (Lipinski definition) is 3. The molecule has 0 aliphatic heterocycles. The van der Waals surface area contributed by atoms with Crippen LogP contribution in [0.2, 0.25) is 0 Å². The van der Waals surface area contributed by atoms with Crippen LogP contribution in [0.25, 0.3) is 95.0 Å². The summed E-state index contributed by atoms with van der Waals surface area (Å²) in [5.74, 6) is 1.43. The molecular weight excluding hydrogens is 736 g/mol. The molecule has 0 aliphatic carbocycles. The van der Waals surface area contributed by atoms with E-state index in [1.807, 2.05) is 72.8 Å². The van der Waals surface area contributed by atoms with Crippen molar-refractivity contribution in [3.8, 4) is 73.2 Å². The zero-order valence-corrected chi connectivity index (χ0v) is 33.9. The van der Waals surface area contributed by atoms with Gasteiger partial charge >= 0.3 is 0 Å². The van der Waals surface area contributed by atoms with Gasteiger partial charge in [0.05, 0.1) is 16.7 Å². The summed E-state index contributed by atoms with van der Waals surface area (Å²) in [5, 5.41) is 2.25. The van der Waals surface area contributed by atoms with Crippen molar-refractivity contribution >= 4 is 21.8 Å². The number of nitrogens with zero attached hydrogens (tertiary/aromatic N) is 4. The van der Waals surface area contributed by atoms with Crippen LogP contribution >= 0.6 is 0 Å². The fourth-order valence-corrected chi connectivity index (χ4v) is 8.59. The van der Waals surface area contributed by atoms with Crippen LogP contribution in [0.5, 0.6) is 0 Å². The molecule has 0 aliphatic rings. The maximum absolute atomic E-state index is 15.1. The van der Waals surface area contributed by atoms with Gasteiger partial charge in [0, 0.05) is 33.0 Å². The second-order valence-electron chi connectivity index (χ2n) is 15.7. The summed E-state index contributed by atoms with van der Waals surface area (Å²) in [6, 6.07) is 59.9. The Morgan fingerprint density at radius 1 is 0.367 bits per heavy atom. The standard InChI is InChI=1S/C55H41FN4/c1-34-18-23-45(36(3)28-34)41-21-26-50-48(31-41)49-32-42(46-24-19-35(2)29-37(46)4)22-27-51(49)60(50)52-33-43(20-25-47(52)40-16-11-17-44(56)30-40)55-58-53(38-12-7-5-8-13-38)57-54(59-55)39-14-9-6-10-15-39/h5-33H,1-4H3. The Morgan fingerprint density at radius 3 is 1.32 bits per heavy atom. The highest BCUT2D eigenvalue weighted by atomic mass is 19.1. The lowest BCUT2D eigenvalue weighted by atomic mass is 9.95. The Labute approximate surface area is 349 Å². The quantitative estimate of drug-likeness (QED) is 0.162. The van der Waals surface area contributed by atoms with Crippen molar-refractivity contribution in [3.63, 3.8) is 0 Å². The second-order valence-corrected chi connectivity index (χ2v) is 15.7. The third-order valence-corrected chi connectivity index (χ3v) is 11.5. The number of fused-ring (bicyclic) bond motifs is 3. The van der Waals surface area contributed by atoms with Crippen LogP contribution in [-0.4, -0.2) is 19.5 Å². The van der Waals surface area contributed by atoms with Gasteiger partial charge in [-0.05, 0) is 109 Å². The van der Waals surface area contributed by atoms with E-state index in [0.717, 1.165) is 66.4 Å². The average Bonchev–Trinajstić information content (AvgIpc) is 3.59. The monoisotopic (exact) mass is 776 g/mol. The van der Waals surface area contributed by atoms with Gasteiger partial charge in [-0.1, -0.05) is 145 Å². The first-order valence-electron chi connectivity index (χ1n) is 20.3. The molecule has 0 unspecified atom stereocenters. The molecule has 0 fully saturated rings. The zero-order chi connectivity index (χ0) is 40.9. The molecule has 10 aromatic rings. The first-order valence-corrected chi connectivity index (χ1v) is 20.3. The van der Waals surface area contributed by atoms with Gasteiger partial charge < -0.3 is 4.57 Å². The lowest BCUT2D eigenvalue weighted by molar-refractivity contribution is 0.628. The number of rotatable bonds is 7. The lowest BCUT2D eigenvalue weighted by Crippen LogP contribution is -2.02. The molecule has 0 spiro atoms. The summed E-state index contributed by atoms with van der Waals surface area (Å²) in [5.41, 5.74) is 16.9. The SMILES string of the molecule is Cc1ccc(-c2ccc3c(c2)c2cc(-c4ccc(C)cc4C)ccc2n3-c2cc(-c3nc(-c4ccccc4)nc(-c4ccccc4)n3)ccc2-c2cccc(F)c2)c(C)c1. The van der Waals surface area contributed by atoms with Crippen molar-refractivity contribution in [2.45, 2.75) is 27.7 Å². The molecule has 0 atom stereocenters. The number of halogens is 1. The highest BCUT2D eigenvalue weighted by molar-refractivity contribution is 6.12. The van der Waals surface area contributed by atoms with Crippen molar-refractivity contribution in [2.75, 3.05) is 0 Å². The van der Waals surface area contributed by atoms with E-state index in [9.17, 15) is 0 Å². The Kier molecular flexibility index (Phi) is 9.22. The molecule has 8 aromatic carbocycles. The van der Waals surface area contributed by atoms with Gasteiger partial charge in [0.1, 0.15) is 5.82 Å². The van der Waals surface area contributed by atoms with Gasteiger partial charge in [-0.25, -0.2) is 19.3 Å². The van der Waals surface area contributed by atoms with E-state index in [-0.39, 0.29) is 5.82 Å². The molecule has 60 heavy (non-hydrogen) atoms. The van der Waals surface area contributed by atoms with Crippen LogP contribution in [0.15, 0.2) is 176 Å². The number of hydrogen-bond donors (Lipinski definition) is 0. The molecule has 2 heterocycles. The number of aryl methyl sites for hydroxylation is 4. The Bertz CT molecular complexity index is 3090. The van der Waals surface area contributed by atoms with Gasteiger partial charge in [0.15, 0.2) is 17.5 Å². The summed E-state index contributed by atoms with van der Waals surface area (Å²) in [4.78, 5) is 15.1. The number of aromatic nitrogens is 4. The molecular formula is C55H41FN4. The predicted molar refractivity (Wildman–Crippen MR) is 246 cm³/mol. The third kappa shape index (κ3) is 6.74. The van der Waals surface area contributed by atoms with Crippen LogP contribution in [-0.2, 0) is 0 Å². The van der Waals surface area contributed by atoms with Crippen molar-refractivity contribution in [1.82, 2.24) is 19.5 Å². The summed E-state index contributed by atoms with van der Waals surface area (Å²) < 4.78 is 17.4. The Hall–Kier alpha value is -7.50. The van der Waals surface area contributed by atoms with Crippen molar-refractivity contribution in [2.24, 2.45) is 0 Å². The van der Waals surface area contributed by atoms with Crippen LogP contribution in [0, 0.1) is 33.5 Å². The maximum Gasteiger partial charge on any atom is 0.164 e. The largest absolute Gasteiger partial charge is 0.309 e. The molecule has 2 aromatic heterocycles. The number of benzene rings is 8. The molecule has 0 amide bonds. The van der Waals surface area contributed by atoms with Gasteiger partial charge in [0.25, 0.3) is 0 Å². The van der Waals surface area contributed by atoms with E-state index < -0.39 is 0 Å². The molecule has 0 N–H and O–H groups in total. The van der Waals surface area contributed by atoms with E-state index in [1.54, 1.807) is 12.1 Å². The molecule has 288 valence electrons. The average molecular weight is 777 g/mol. The molecule has 4 nitrogen and oxygen atoms in total. The van der Waals surface area contributed by atoms with Crippen molar-refractivity contribution in [3.05, 3.63) is 204 Å². The van der Waals surface area contributed by atoms with E-state index >= 15 is 4.39 Å². The predicted octanol–water partition coefficient (Wildman–Crippen LogP) is 14.3. The highest BCUT2D eigenvalue weighted by Crippen LogP contribution is 2.42. The summed E-state index contributed by atoms with van der Waals surface area (Å²) in [6.45, 7) is 8.62. The van der Waals surface area contributed by atoms with E-state index in [1.165, 1.54) is 39.4 Å². The van der Waals surface area contributed by atoms with E-state index in [4.69, 9.17) is 15.0 Å². The van der Waals surface area contributed by atoms with Crippen molar-refractivity contribution < 1.29 is 4.39 Å². The molecule has 0 radical (unpaired) electrons. The minimum absolute atomic E-state index is 0.293. The zero-order valence-electron chi connectivity index (χ0n) is 33.9. The summed E-state index contributed by atoms with van der Waals surface area (Å²) >= 11 is 0. The van der Waals surface area contributed by atoms with Gasteiger partial charge in [-0.2, -0.15) is 0 Å². The van der Waals surface area contributed by atoms with Crippen LogP contribution < -0.4 is 0 Å². The lowest BCUT2D eigenvalue weighted by Gasteiger charge is -2.17. The molecule has 0 saturated carbocycles. The van der Waals surface area contributed by atoms with Crippen molar-refractivity contribution in [1.29, 1.82) is 0 Å². The summed E-state index contributed by atoms with van der Waals surface area (Å²) in [6.07, 6.45) is 0. The smallest absolute Gasteiger partial charge is 0.164 e. The van der Waals surface area contributed by atoms with E-state index in [0.29, 0.717) is 17.5 Å². The first-order chi connectivity index (χ1) is 29.3. The minimum Gasteiger partial charge on any atom is -0.309 e. The van der Waals surface area contributed by atoms with Gasteiger partial charge in [-0.3, -0.25) is 0 Å². The first kappa shape index (κ1) is 36.8. The summed E-state index contributed by atoms with van der Waals surface area (Å²) in [7, 11) is 0. The Balaban J connectivity index is 1.26. The molecule has 5 heteroatoms. The maximum atomic E-state index is 15.1. The normalized spacial score (nSPS) is 11.4. The molecule has 10 rings (SSSR count). The molecule has 0 bridgehead atoms. The molecule has 0 saturated heterocycles. The fourth-order valence-electron chi connectivity index (χ4n) is 8.59. The Morgan fingerprint density at radius 2 is 0.817 bits per heavy atom.